The first kappa shape index (κ1) is 14.1. The number of nitrogens with zero attached hydrogens (tertiary/aromatic N) is 3. The van der Waals surface area contributed by atoms with Gasteiger partial charge in [-0.05, 0) is 26.9 Å². The molecule has 106 valence electrons. The molecule has 5 nitrogen and oxygen atoms in total. The molecule has 0 saturated heterocycles. The van der Waals surface area contributed by atoms with Gasteiger partial charge in [-0.2, -0.15) is 0 Å². The molecule has 1 fully saturated rings. The van der Waals surface area contributed by atoms with E-state index in [0.29, 0.717) is 6.04 Å². The fourth-order valence-corrected chi connectivity index (χ4v) is 2.40. The minimum atomic E-state index is 0.582. The lowest BCUT2D eigenvalue weighted by molar-refractivity contribution is 0.425. The zero-order valence-electron chi connectivity index (χ0n) is 12.0. The minimum absolute atomic E-state index is 0.582. The van der Waals surface area contributed by atoms with Gasteiger partial charge in [0.05, 0.1) is 0 Å². The summed E-state index contributed by atoms with van der Waals surface area (Å²) in [5, 5.41) is 6.84. The molecule has 0 bridgehead atoms. The first-order valence-electron chi connectivity index (χ1n) is 7.21. The topological polar surface area (TPSA) is 53.1 Å². The number of hydrogen-bond acceptors (Lipinski definition) is 5. The van der Waals surface area contributed by atoms with Crippen molar-refractivity contribution in [3.8, 4) is 0 Å². The van der Waals surface area contributed by atoms with E-state index in [1.54, 1.807) is 6.33 Å². The van der Waals surface area contributed by atoms with Gasteiger partial charge >= 0.3 is 0 Å². The number of hydrogen-bond donors (Lipinski definition) is 2. The minimum Gasteiger partial charge on any atom is -0.369 e. The van der Waals surface area contributed by atoms with Crippen LogP contribution in [0.2, 0.25) is 0 Å². The third kappa shape index (κ3) is 5.03. The number of anilines is 2. The Bertz CT molecular complexity index is 374. The second-order valence-electron chi connectivity index (χ2n) is 5.50. The van der Waals surface area contributed by atoms with Crippen LogP contribution in [0.1, 0.15) is 32.1 Å². The number of aromatic nitrogens is 2. The van der Waals surface area contributed by atoms with Crippen LogP contribution in [0.4, 0.5) is 11.6 Å². The van der Waals surface area contributed by atoms with Crippen molar-refractivity contribution in [1.29, 1.82) is 0 Å². The molecule has 0 unspecified atom stereocenters. The third-order valence-corrected chi connectivity index (χ3v) is 3.49. The highest BCUT2D eigenvalue weighted by Gasteiger charge is 2.13. The van der Waals surface area contributed by atoms with E-state index in [0.717, 1.165) is 24.7 Å². The molecule has 0 atom stereocenters. The summed E-state index contributed by atoms with van der Waals surface area (Å²) in [4.78, 5) is 10.7. The van der Waals surface area contributed by atoms with Crippen molar-refractivity contribution in [2.75, 3.05) is 37.8 Å². The first-order chi connectivity index (χ1) is 9.24. The number of likely N-dealkylation sites (N-methyl/N-ethyl adjacent to an activating group) is 1. The van der Waals surface area contributed by atoms with Gasteiger partial charge in [0.25, 0.3) is 0 Å². The molecule has 0 spiro atoms. The fourth-order valence-electron chi connectivity index (χ4n) is 2.40. The standard InChI is InChI=1S/C14H25N5/c1-19(2)9-8-15-13-10-14(17-11-16-13)18-12-6-4-3-5-7-12/h10-12H,3-9H2,1-2H3,(H2,15,16,17,18). The van der Waals surface area contributed by atoms with Crippen LogP contribution >= 0.6 is 0 Å². The van der Waals surface area contributed by atoms with E-state index >= 15 is 0 Å². The molecule has 2 rings (SSSR count). The van der Waals surface area contributed by atoms with E-state index in [4.69, 9.17) is 0 Å². The summed E-state index contributed by atoms with van der Waals surface area (Å²) < 4.78 is 0. The van der Waals surface area contributed by atoms with E-state index in [1.807, 2.05) is 6.07 Å². The van der Waals surface area contributed by atoms with Crippen LogP contribution in [0.25, 0.3) is 0 Å². The van der Waals surface area contributed by atoms with Crippen molar-refractivity contribution >= 4 is 11.6 Å². The second kappa shape index (κ2) is 7.28. The van der Waals surface area contributed by atoms with Crippen molar-refractivity contribution < 1.29 is 0 Å². The van der Waals surface area contributed by atoms with Gasteiger partial charge in [0, 0.05) is 25.2 Å². The summed E-state index contributed by atoms with van der Waals surface area (Å²) in [7, 11) is 4.13. The summed E-state index contributed by atoms with van der Waals surface area (Å²) in [5.41, 5.74) is 0. The van der Waals surface area contributed by atoms with Crippen LogP contribution in [-0.4, -0.2) is 48.1 Å². The van der Waals surface area contributed by atoms with Crippen LogP contribution < -0.4 is 10.6 Å². The third-order valence-electron chi connectivity index (χ3n) is 3.49. The number of nitrogens with one attached hydrogen (secondary N) is 2. The first-order valence-corrected chi connectivity index (χ1v) is 7.21. The maximum absolute atomic E-state index is 4.30. The highest BCUT2D eigenvalue weighted by Crippen LogP contribution is 2.21. The monoisotopic (exact) mass is 263 g/mol. The molecule has 19 heavy (non-hydrogen) atoms. The van der Waals surface area contributed by atoms with Crippen LogP contribution in [0, 0.1) is 0 Å². The highest BCUT2D eigenvalue weighted by atomic mass is 15.1. The van der Waals surface area contributed by atoms with Crippen molar-refractivity contribution in [3.63, 3.8) is 0 Å². The van der Waals surface area contributed by atoms with Crippen molar-refractivity contribution in [2.24, 2.45) is 0 Å². The van der Waals surface area contributed by atoms with Crippen molar-refractivity contribution in [1.82, 2.24) is 14.9 Å². The molecular weight excluding hydrogens is 238 g/mol. The Morgan fingerprint density at radius 3 is 2.63 bits per heavy atom. The molecule has 0 amide bonds. The molecule has 2 N–H and O–H groups in total. The Kier molecular flexibility index (Phi) is 5.39. The Morgan fingerprint density at radius 1 is 1.16 bits per heavy atom. The maximum Gasteiger partial charge on any atom is 0.131 e. The van der Waals surface area contributed by atoms with Crippen LogP contribution in [-0.2, 0) is 0 Å². The van der Waals surface area contributed by atoms with Crippen LogP contribution in [0.15, 0.2) is 12.4 Å². The quantitative estimate of drug-likeness (QED) is 0.824. The van der Waals surface area contributed by atoms with Gasteiger partial charge < -0.3 is 15.5 Å². The normalized spacial score (nSPS) is 16.6. The average molecular weight is 263 g/mol. The Hall–Kier alpha value is -1.36. The van der Waals surface area contributed by atoms with Crippen molar-refractivity contribution in [2.45, 2.75) is 38.1 Å². The summed E-state index contributed by atoms with van der Waals surface area (Å²) in [6.45, 7) is 1.89. The lowest BCUT2D eigenvalue weighted by atomic mass is 9.95. The summed E-state index contributed by atoms with van der Waals surface area (Å²) in [6, 6.07) is 2.59. The summed E-state index contributed by atoms with van der Waals surface area (Å²) >= 11 is 0. The van der Waals surface area contributed by atoms with Gasteiger partial charge in [0.2, 0.25) is 0 Å². The summed E-state index contributed by atoms with van der Waals surface area (Å²) in [5.74, 6) is 1.84. The van der Waals surface area contributed by atoms with Gasteiger partial charge in [-0.1, -0.05) is 19.3 Å². The van der Waals surface area contributed by atoms with Gasteiger partial charge in [-0.3, -0.25) is 0 Å². The Morgan fingerprint density at radius 2 is 1.89 bits per heavy atom. The molecule has 1 aromatic rings. The van der Waals surface area contributed by atoms with E-state index in [1.165, 1.54) is 32.1 Å². The molecule has 0 radical (unpaired) electrons. The van der Waals surface area contributed by atoms with E-state index < -0.39 is 0 Å². The van der Waals surface area contributed by atoms with Crippen LogP contribution in [0.5, 0.6) is 0 Å². The zero-order valence-corrected chi connectivity index (χ0v) is 12.0. The molecule has 5 heteroatoms. The molecule has 1 heterocycles. The molecule has 0 aliphatic heterocycles. The SMILES string of the molecule is CN(C)CCNc1cc(NC2CCCCC2)ncn1. The molecule has 1 aromatic heterocycles. The molecule has 1 saturated carbocycles. The Balaban J connectivity index is 1.83. The van der Waals surface area contributed by atoms with Crippen LogP contribution in [0.3, 0.4) is 0 Å². The van der Waals surface area contributed by atoms with Gasteiger partial charge in [-0.15, -0.1) is 0 Å². The van der Waals surface area contributed by atoms with Gasteiger partial charge in [0.15, 0.2) is 0 Å². The molecule has 1 aliphatic rings. The number of rotatable bonds is 6. The maximum atomic E-state index is 4.30. The van der Waals surface area contributed by atoms with E-state index in [9.17, 15) is 0 Å². The molecule has 0 aromatic carbocycles. The van der Waals surface area contributed by atoms with E-state index in [-0.39, 0.29) is 0 Å². The lowest BCUT2D eigenvalue weighted by Crippen LogP contribution is -2.23. The lowest BCUT2D eigenvalue weighted by Gasteiger charge is -2.23. The molecule has 1 aliphatic carbocycles. The average Bonchev–Trinajstić information content (AvgIpc) is 2.40. The fraction of sp³-hybridized carbons (Fsp3) is 0.714. The molecular formula is C14H25N5. The predicted octanol–water partition coefficient (Wildman–Crippen LogP) is 2.19. The predicted molar refractivity (Wildman–Crippen MR) is 79.6 cm³/mol. The largest absolute Gasteiger partial charge is 0.369 e. The second-order valence-corrected chi connectivity index (χ2v) is 5.50. The zero-order chi connectivity index (χ0) is 13.5. The van der Waals surface area contributed by atoms with Gasteiger partial charge in [0.1, 0.15) is 18.0 Å². The summed E-state index contributed by atoms with van der Waals surface area (Å²) in [6.07, 6.45) is 8.18. The van der Waals surface area contributed by atoms with Crippen molar-refractivity contribution in [3.05, 3.63) is 12.4 Å². The van der Waals surface area contributed by atoms with E-state index in [2.05, 4.69) is 39.6 Å². The smallest absolute Gasteiger partial charge is 0.131 e. The van der Waals surface area contributed by atoms with Gasteiger partial charge in [-0.25, -0.2) is 9.97 Å². The highest BCUT2D eigenvalue weighted by molar-refractivity contribution is 5.46. The Labute approximate surface area is 115 Å².